The van der Waals surface area contributed by atoms with Crippen molar-refractivity contribution in [3.63, 3.8) is 0 Å². The van der Waals surface area contributed by atoms with Gasteiger partial charge in [-0.2, -0.15) is 0 Å². The average molecular weight is 305 g/mol. The quantitative estimate of drug-likeness (QED) is 0.873. The van der Waals surface area contributed by atoms with Crippen LogP contribution in [0.15, 0.2) is 29.3 Å². The van der Waals surface area contributed by atoms with Crippen molar-refractivity contribution in [3.8, 4) is 0 Å². The van der Waals surface area contributed by atoms with Gasteiger partial charge in [0.15, 0.2) is 5.78 Å². The van der Waals surface area contributed by atoms with Crippen LogP contribution in [-0.2, 0) is 4.79 Å². The Kier molecular flexibility index (Phi) is 4.06. The van der Waals surface area contributed by atoms with E-state index in [-0.39, 0.29) is 30.2 Å². The van der Waals surface area contributed by atoms with Crippen molar-refractivity contribution >= 4 is 29.0 Å². The van der Waals surface area contributed by atoms with Gasteiger partial charge in [0.05, 0.1) is 18.5 Å². The molecule has 1 amide bonds. The van der Waals surface area contributed by atoms with E-state index in [1.54, 1.807) is 24.3 Å². The SMILES string of the molecule is O=C1N[C@@H]2CCCC[C@H]2N=C1CC(=O)c1ccc(Cl)cc1. The second kappa shape index (κ2) is 5.98. The molecule has 110 valence electrons. The maximum atomic E-state index is 12.2. The number of benzene rings is 1. The lowest BCUT2D eigenvalue weighted by Crippen LogP contribution is -2.51. The van der Waals surface area contributed by atoms with Crippen LogP contribution in [0.25, 0.3) is 0 Å². The number of halogens is 1. The highest BCUT2D eigenvalue weighted by molar-refractivity contribution is 6.43. The molecule has 0 aromatic heterocycles. The molecule has 1 saturated carbocycles. The number of amides is 1. The van der Waals surface area contributed by atoms with Gasteiger partial charge in [0.2, 0.25) is 0 Å². The normalized spacial score (nSPS) is 24.8. The summed E-state index contributed by atoms with van der Waals surface area (Å²) in [6, 6.07) is 7.00. The summed E-state index contributed by atoms with van der Waals surface area (Å²) < 4.78 is 0. The summed E-state index contributed by atoms with van der Waals surface area (Å²) in [5, 5.41) is 3.58. The topological polar surface area (TPSA) is 58.5 Å². The van der Waals surface area contributed by atoms with Crippen LogP contribution < -0.4 is 5.32 Å². The molecule has 21 heavy (non-hydrogen) atoms. The zero-order chi connectivity index (χ0) is 14.8. The molecular formula is C16H17ClN2O2. The number of aliphatic imine (C=N–C) groups is 1. The summed E-state index contributed by atoms with van der Waals surface area (Å²) in [7, 11) is 0. The lowest BCUT2D eigenvalue weighted by atomic mass is 9.88. The summed E-state index contributed by atoms with van der Waals surface area (Å²) in [5.41, 5.74) is 0.916. The Morgan fingerprint density at radius 1 is 1.24 bits per heavy atom. The molecule has 0 unspecified atom stereocenters. The Balaban J connectivity index is 1.74. The van der Waals surface area contributed by atoms with Crippen molar-refractivity contribution in [2.75, 3.05) is 0 Å². The Morgan fingerprint density at radius 2 is 1.95 bits per heavy atom. The van der Waals surface area contributed by atoms with E-state index in [0.29, 0.717) is 16.3 Å². The van der Waals surface area contributed by atoms with Gasteiger partial charge in [-0.3, -0.25) is 14.6 Å². The Bertz CT molecular complexity index is 595. The van der Waals surface area contributed by atoms with Crippen LogP contribution in [0.1, 0.15) is 42.5 Å². The van der Waals surface area contributed by atoms with Gasteiger partial charge in [0.25, 0.3) is 5.91 Å². The van der Waals surface area contributed by atoms with Crippen LogP contribution >= 0.6 is 11.6 Å². The molecule has 0 bridgehead atoms. The molecule has 5 heteroatoms. The molecule has 1 heterocycles. The molecule has 4 nitrogen and oxygen atoms in total. The third kappa shape index (κ3) is 3.16. The van der Waals surface area contributed by atoms with Crippen molar-refractivity contribution in [3.05, 3.63) is 34.9 Å². The molecule has 3 rings (SSSR count). The molecule has 1 aliphatic carbocycles. The van der Waals surface area contributed by atoms with E-state index in [1.165, 1.54) is 0 Å². The summed E-state index contributed by atoms with van der Waals surface area (Å²) >= 11 is 5.81. The molecule has 1 fully saturated rings. The van der Waals surface area contributed by atoms with Crippen LogP contribution in [0, 0.1) is 0 Å². The van der Waals surface area contributed by atoms with Crippen molar-refractivity contribution < 1.29 is 9.59 Å². The van der Waals surface area contributed by atoms with E-state index in [4.69, 9.17) is 11.6 Å². The molecule has 0 radical (unpaired) electrons. The van der Waals surface area contributed by atoms with Gasteiger partial charge in [-0.05, 0) is 37.1 Å². The largest absolute Gasteiger partial charge is 0.346 e. The van der Waals surface area contributed by atoms with E-state index in [1.807, 2.05) is 0 Å². The molecule has 0 spiro atoms. The van der Waals surface area contributed by atoms with Gasteiger partial charge in [-0.25, -0.2) is 0 Å². The monoisotopic (exact) mass is 304 g/mol. The number of carbonyl (C=O) groups excluding carboxylic acids is 2. The van der Waals surface area contributed by atoms with E-state index in [9.17, 15) is 9.59 Å². The van der Waals surface area contributed by atoms with Crippen LogP contribution in [-0.4, -0.2) is 29.5 Å². The summed E-state index contributed by atoms with van der Waals surface area (Å²) in [5.74, 6) is -0.296. The van der Waals surface area contributed by atoms with Gasteiger partial charge < -0.3 is 5.32 Å². The third-order valence-electron chi connectivity index (χ3n) is 4.12. The standard InChI is InChI=1S/C16H17ClN2O2/c17-11-7-5-10(6-8-11)15(20)9-14-16(21)19-13-4-2-1-3-12(13)18-14/h5-8,12-13H,1-4,9H2,(H,19,21)/t12-,13-/m1/s1. The fraction of sp³-hybridized carbons (Fsp3) is 0.438. The van der Waals surface area contributed by atoms with Gasteiger partial charge in [0.1, 0.15) is 5.71 Å². The number of hydrogen-bond acceptors (Lipinski definition) is 3. The van der Waals surface area contributed by atoms with E-state index in [0.717, 1.165) is 25.7 Å². The maximum Gasteiger partial charge on any atom is 0.265 e. The van der Waals surface area contributed by atoms with Crippen LogP contribution in [0.4, 0.5) is 0 Å². The Labute approximate surface area is 128 Å². The Hall–Kier alpha value is -1.68. The molecule has 0 saturated heterocycles. The first-order chi connectivity index (χ1) is 10.1. The minimum absolute atomic E-state index is 0.0523. The predicted octanol–water partition coefficient (Wildman–Crippen LogP) is 2.79. The minimum Gasteiger partial charge on any atom is -0.346 e. The molecule has 2 aliphatic rings. The maximum absolute atomic E-state index is 12.2. The highest BCUT2D eigenvalue weighted by atomic mass is 35.5. The van der Waals surface area contributed by atoms with Gasteiger partial charge in [-0.1, -0.05) is 24.4 Å². The number of hydrogen-bond donors (Lipinski definition) is 1. The Morgan fingerprint density at radius 3 is 2.71 bits per heavy atom. The van der Waals surface area contributed by atoms with Crippen LogP contribution in [0.5, 0.6) is 0 Å². The molecule has 1 aliphatic heterocycles. The highest BCUT2D eigenvalue weighted by Gasteiger charge is 2.33. The second-order valence-electron chi connectivity index (χ2n) is 5.61. The van der Waals surface area contributed by atoms with Crippen molar-refractivity contribution in [1.29, 1.82) is 0 Å². The van der Waals surface area contributed by atoms with Crippen LogP contribution in [0.3, 0.4) is 0 Å². The van der Waals surface area contributed by atoms with Crippen molar-refractivity contribution in [2.24, 2.45) is 4.99 Å². The van der Waals surface area contributed by atoms with Crippen molar-refractivity contribution in [1.82, 2.24) is 5.32 Å². The summed E-state index contributed by atoms with van der Waals surface area (Å²) in [6.45, 7) is 0. The first-order valence-electron chi connectivity index (χ1n) is 7.30. The number of nitrogens with one attached hydrogen (secondary N) is 1. The zero-order valence-corrected chi connectivity index (χ0v) is 12.4. The first kappa shape index (κ1) is 14.3. The second-order valence-corrected chi connectivity index (χ2v) is 6.05. The number of Topliss-reactive ketones (excluding diaryl/α,β-unsaturated/α-hetero) is 1. The molecular weight excluding hydrogens is 288 g/mol. The molecule has 1 N–H and O–H groups in total. The fourth-order valence-corrected chi connectivity index (χ4v) is 3.09. The lowest BCUT2D eigenvalue weighted by molar-refractivity contribution is -0.116. The van der Waals surface area contributed by atoms with Gasteiger partial charge in [0, 0.05) is 10.6 Å². The number of nitrogens with zero attached hydrogens (tertiary/aromatic N) is 1. The van der Waals surface area contributed by atoms with Crippen LogP contribution in [0.2, 0.25) is 5.02 Å². The zero-order valence-electron chi connectivity index (χ0n) is 11.6. The number of rotatable bonds is 3. The van der Waals surface area contributed by atoms with E-state index < -0.39 is 0 Å². The minimum atomic E-state index is -0.194. The molecule has 2 atom stereocenters. The smallest absolute Gasteiger partial charge is 0.265 e. The first-order valence-corrected chi connectivity index (χ1v) is 7.67. The predicted molar refractivity (Wildman–Crippen MR) is 82.0 cm³/mol. The molecule has 1 aromatic rings. The third-order valence-corrected chi connectivity index (χ3v) is 4.38. The molecule has 1 aromatic carbocycles. The lowest BCUT2D eigenvalue weighted by Gasteiger charge is -2.33. The van der Waals surface area contributed by atoms with E-state index >= 15 is 0 Å². The fourth-order valence-electron chi connectivity index (χ4n) is 2.96. The number of fused-ring (bicyclic) bond motifs is 1. The van der Waals surface area contributed by atoms with Gasteiger partial charge in [-0.15, -0.1) is 0 Å². The highest BCUT2D eigenvalue weighted by Crippen LogP contribution is 2.24. The number of ketones is 1. The average Bonchev–Trinajstić information content (AvgIpc) is 2.48. The van der Waals surface area contributed by atoms with Gasteiger partial charge >= 0.3 is 0 Å². The summed E-state index contributed by atoms with van der Waals surface area (Å²) in [6.07, 6.45) is 4.30. The summed E-state index contributed by atoms with van der Waals surface area (Å²) in [4.78, 5) is 28.8. The number of carbonyl (C=O) groups is 2. The van der Waals surface area contributed by atoms with E-state index in [2.05, 4.69) is 10.3 Å². The van der Waals surface area contributed by atoms with Crippen molar-refractivity contribution in [2.45, 2.75) is 44.2 Å².